The number of carboxylic acids is 1. The number of carbonyl (C=O) groups excluding carboxylic acids is 1. The third-order valence-corrected chi connectivity index (χ3v) is 4.64. The summed E-state index contributed by atoms with van der Waals surface area (Å²) in [5.41, 5.74) is 1.70. The van der Waals surface area contributed by atoms with Gasteiger partial charge in [-0.25, -0.2) is 4.79 Å². The van der Waals surface area contributed by atoms with Crippen LogP contribution in [0.1, 0.15) is 21.5 Å². The Bertz CT molecular complexity index is 1180. The van der Waals surface area contributed by atoms with E-state index in [1.165, 1.54) is 24.3 Å². The molecular formula is C24H17ClN2O4. The number of rotatable bonds is 7. The number of nitrogens with one attached hydrogen (secondary N) is 1. The number of nitrogens with zero attached hydrogens (tertiary/aromatic N) is 1. The van der Waals surface area contributed by atoms with E-state index in [1.54, 1.807) is 36.4 Å². The molecule has 0 aliphatic carbocycles. The van der Waals surface area contributed by atoms with Crippen molar-refractivity contribution in [1.82, 2.24) is 0 Å². The van der Waals surface area contributed by atoms with Crippen LogP contribution in [0.25, 0.3) is 6.08 Å². The number of hydrogen-bond acceptors (Lipinski definition) is 4. The van der Waals surface area contributed by atoms with Crippen LogP contribution in [0.5, 0.6) is 5.75 Å². The molecular weight excluding hydrogens is 416 g/mol. The van der Waals surface area contributed by atoms with E-state index in [2.05, 4.69) is 5.32 Å². The number of nitriles is 1. The molecule has 0 radical (unpaired) electrons. The van der Waals surface area contributed by atoms with Crippen molar-refractivity contribution in [3.8, 4) is 11.8 Å². The van der Waals surface area contributed by atoms with Crippen molar-refractivity contribution in [1.29, 1.82) is 5.26 Å². The molecule has 0 saturated carbocycles. The zero-order valence-electron chi connectivity index (χ0n) is 16.2. The molecule has 0 aliphatic heterocycles. The summed E-state index contributed by atoms with van der Waals surface area (Å²) in [4.78, 5) is 23.4. The Morgan fingerprint density at radius 3 is 2.48 bits per heavy atom. The average molecular weight is 433 g/mol. The van der Waals surface area contributed by atoms with Crippen LogP contribution in [0.15, 0.2) is 78.4 Å². The second kappa shape index (κ2) is 10.1. The molecule has 0 fully saturated rings. The van der Waals surface area contributed by atoms with Crippen molar-refractivity contribution >= 4 is 35.2 Å². The predicted molar refractivity (Wildman–Crippen MR) is 118 cm³/mol. The van der Waals surface area contributed by atoms with Crippen LogP contribution in [0, 0.1) is 11.3 Å². The van der Waals surface area contributed by atoms with E-state index in [0.29, 0.717) is 22.9 Å². The maximum atomic E-state index is 12.4. The van der Waals surface area contributed by atoms with Gasteiger partial charge in [0.15, 0.2) is 0 Å². The summed E-state index contributed by atoms with van der Waals surface area (Å²) in [5.74, 6) is -1.13. The van der Waals surface area contributed by atoms with Gasteiger partial charge in [-0.15, -0.1) is 0 Å². The molecule has 0 heterocycles. The summed E-state index contributed by atoms with van der Waals surface area (Å²) in [6, 6.07) is 21.9. The molecule has 0 spiro atoms. The highest BCUT2D eigenvalue weighted by Gasteiger charge is 2.11. The number of carbonyl (C=O) groups is 2. The number of amides is 1. The van der Waals surface area contributed by atoms with Gasteiger partial charge in [0.2, 0.25) is 0 Å². The van der Waals surface area contributed by atoms with E-state index in [-0.39, 0.29) is 16.8 Å². The van der Waals surface area contributed by atoms with Gasteiger partial charge in [0.05, 0.1) is 5.56 Å². The van der Waals surface area contributed by atoms with Gasteiger partial charge >= 0.3 is 5.97 Å². The zero-order valence-corrected chi connectivity index (χ0v) is 17.0. The summed E-state index contributed by atoms with van der Waals surface area (Å²) < 4.78 is 5.72. The first-order chi connectivity index (χ1) is 15.0. The standard InChI is InChI=1S/C24H17ClN2O4/c25-22-7-2-1-4-18(22)15-31-21-10-8-16(9-11-21)12-19(14-26)23(28)27-20-6-3-5-17(13-20)24(29)30/h1-13H,15H2,(H,27,28)(H,29,30)/b19-12-. The fraction of sp³-hybridized carbons (Fsp3) is 0.0417. The number of anilines is 1. The van der Waals surface area contributed by atoms with Crippen molar-refractivity contribution < 1.29 is 19.4 Å². The fourth-order valence-corrected chi connectivity index (χ4v) is 2.87. The Morgan fingerprint density at radius 1 is 1.06 bits per heavy atom. The molecule has 1 amide bonds. The molecule has 3 aromatic rings. The van der Waals surface area contributed by atoms with Crippen LogP contribution >= 0.6 is 11.6 Å². The van der Waals surface area contributed by atoms with E-state index in [1.807, 2.05) is 24.3 Å². The van der Waals surface area contributed by atoms with Crippen molar-refractivity contribution in [2.45, 2.75) is 6.61 Å². The Balaban J connectivity index is 1.67. The largest absolute Gasteiger partial charge is 0.489 e. The summed E-state index contributed by atoms with van der Waals surface area (Å²) >= 11 is 6.12. The van der Waals surface area contributed by atoms with Gasteiger partial charge in [-0.2, -0.15) is 5.26 Å². The van der Waals surface area contributed by atoms with Crippen LogP contribution < -0.4 is 10.1 Å². The van der Waals surface area contributed by atoms with Gasteiger partial charge in [0.1, 0.15) is 24.0 Å². The highest BCUT2D eigenvalue weighted by molar-refractivity contribution is 6.31. The van der Waals surface area contributed by atoms with E-state index < -0.39 is 11.9 Å². The Kier molecular flexibility index (Phi) is 7.05. The minimum atomic E-state index is -1.11. The lowest BCUT2D eigenvalue weighted by Gasteiger charge is -2.08. The number of carboxylic acid groups (broad SMARTS) is 1. The molecule has 6 nitrogen and oxygen atoms in total. The molecule has 2 N–H and O–H groups in total. The van der Waals surface area contributed by atoms with E-state index in [9.17, 15) is 14.9 Å². The first kappa shape index (κ1) is 21.6. The third-order valence-electron chi connectivity index (χ3n) is 4.28. The number of benzene rings is 3. The molecule has 31 heavy (non-hydrogen) atoms. The monoisotopic (exact) mass is 432 g/mol. The van der Waals surface area contributed by atoms with Crippen molar-refractivity contribution in [2.75, 3.05) is 5.32 Å². The molecule has 0 aromatic heterocycles. The normalized spacial score (nSPS) is 10.8. The predicted octanol–water partition coefficient (Wildman–Crippen LogP) is 5.16. The fourth-order valence-electron chi connectivity index (χ4n) is 2.68. The molecule has 0 saturated heterocycles. The number of halogens is 1. The summed E-state index contributed by atoms with van der Waals surface area (Å²) in [6.07, 6.45) is 1.44. The van der Waals surface area contributed by atoms with E-state index in [4.69, 9.17) is 21.4 Å². The van der Waals surface area contributed by atoms with Gasteiger partial charge in [-0.3, -0.25) is 4.79 Å². The van der Waals surface area contributed by atoms with Crippen LogP contribution in [-0.2, 0) is 11.4 Å². The topological polar surface area (TPSA) is 99.4 Å². The molecule has 154 valence electrons. The van der Waals surface area contributed by atoms with Crippen LogP contribution in [-0.4, -0.2) is 17.0 Å². The smallest absolute Gasteiger partial charge is 0.335 e. The average Bonchev–Trinajstić information content (AvgIpc) is 2.78. The second-order valence-electron chi connectivity index (χ2n) is 6.46. The van der Waals surface area contributed by atoms with Crippen molar-refractivity contribution in [3.05, 3.63) is 100 Å². The van der Waals surface area contributed by atoms with E-state index >= 15 is 0 Å². The molecule has 0 bridgehead atoms. The summed E-state index contributed by atoms with van der Waals surface area (Å²) in [6.45, 7) is 0.316. The van der Waals surface area contributed by atoms with E-state index in [0.717, 1.165) is 5.56 Å². The lowest BCUT2D eigenvalue weighted by atomic mass is 10.1. The summed E-state index contributed by atoms with van der Waals surface area (Å²) in [7, 11) is 0. The molecule has 3 rings (SSSR count). The molecule has 7 heteroatoms. The lowest BCUT2D eigenvalue weighted by molar-refractivity contribution is -0.112. The number of ether oxygens (including phenoxy) is 1. The molecule has 0 atom stereocenters. The lowest BCUT2D eigenvalue weighted by Crippen LogP contribution is -2.13. The zero-order chi connectivity index (χ0) is 22.2. The maximum Gasteiger partial charge on any atom is 0.335 e. The van der Waals surface area contributed by atoms with Crippen molar-refractivity contribution in [2.24, 2.45) is 0 Å². The minimum absolute atomic E-state index is 0.0349. The Hall–Kier alpha value is -4.08. The maximum absolute atomic E-state index is 12.4. The number of hydrogen-bond donors (Lipinski definition) is 2. The van der Waals surface area contributed by atoms with Gasteiger partial charge < -0.3 is 15.2 Å². The Morgan fingerprint density at radius 2 is 1.81 bits per heavy atom. The van der Waals surface area contributed by atoms with Crippen molar-refractivity contribution in [3.63, 3.8) is 0 Å². The quantitative estimate of drug-likeness (QED) is 0.396. The highest BCUT2D eigenvalue weighted by atomic mass is 35.5. The minimum Gasteiger partial charge on any atom is -0.489 e. The Labute approximate surface area is 184 Å². The first-order valence-electron chi connectivity index (χ1n) is 9.19. The van der Waals surface area contributed by atoms with Gasteiger partial charge in [-0.05, 0) is 48.0 Å². The molecule has 3 aromatic carbocycles. The summed E-state index contributed by atoms with van der Waals surface area (Å²) in [5, 5.41) is 21.6. The molecule has 0 unspecified atom stereocenters. The van der Waals surface area contributed by atoms with Crippen LogP contribution in [0.2, 0.25) is 5.02 Å². The van der Waals surface area contributed by atoms with Crippen LogP contribution in [0.4, 0.5) is 5.69 Å². The number of aromatic carboxylic acids is 1. The van der Waals surface area contributed by atoms with Gasteiger partial charge in [0, 0.05) is 16.3 Å². The van der Waals surface area contributed by atoms with Gasteiger partial charge in [0.25, 0.3) is 5.91 Å². The third kappa shape index (κ3) is 5.95. The van der Waals surface area contributed by atoms with Gasteiger partial charge in [-0.1, -0.05) is 48.0 Å². The second-order valence-corrected chi connectivity index (χ2v) is 6.87. The highest BCUT2D eigenvalue weighted by Crippen LogP contribution is 2.20. The SMILES string of the molecule is N#C/C(=C/c1ccc(OCc2ccccc2Cl)cc1)C(=O)Nc1cccc(C(=O)O)c1. The molecule has 0 aliphatic rings. The van der Waals surface area contributed by atoms with Crippen LogP contribution in [0.3, 0.4) is 0 Å². The first-order valence-corrected chi connectivity index (χ1v) is 9.57.